The number of thioether (sulfide) groups is 1. The van der Waals surface area contributed by atoms with Gasteiger partial charge in [0, 0.05) is 37.2 Å². The third kappa shape index (κ3) is 6.26. The number of carbonyl (C=O) groups is 2. The monoisotopic (exact) mass is 290 g/mol. The molecular formula is C12H22N2O4S. The number of hydrogen-bond donors (Lipinski definition) is 2. The highest BCUT2D eigenvalue weighted by Crippen LogP contribution is 2.18. The van der Waals surface area contributed by atoms with Crippen LogP contribution in [0.4, 0.5) is 0 Å². The molecule has 1 aliphatic heterocycles. The Morgan fingerprint density at radius 3 is 2.95 bits per heavy atom. The van der Waals surface area contributed by atoms with Gasteiger partial charge in [-0.3, -0.25) is 14.5 Å². The van der Waals surface area contributed by atoms with Gasteiger partial charge in [0.15, 0.2) is 0 Å². The molecule has 1 rings (SSSR count). The third-order valence-corrected chi connectivity index (χ3v) is 4.02. The van der Waals surface area contributed by atoms with Gasteiger partial charge in [0.1, 0.15) is 0 Å². The minimum absolute atomic E-state index is 0.0328. The maximum Gasteiger partial charge on any atom is 0.304 e. The van der Waals surface area contributed by atoms with Gasteiger partial charge in [0.2, 0.25) is 5.91 Å². The van der Waals surface area contributed by atoms with Gasteiger partial charge in [0.05, 0.1) is 19.6 Å². The Morgan fingerprint density at radius 2 is 2.32 bits per heavy atom. The van der Waals surface area contributed by atoms with Gasteiger partial charge in [-0.1, -0.05) is 0 Å². The molecule has 6 nitrogen and oxygen atoms in total. The number of carboxylic acids is 1. The van der Waals surface area contributed by atoms with Crippen LogP contribution in [0.2, 0.25) is 0 Å². The zero-order valence-corrected chi connectivity index (χ0v) is 12.2. The highest BCUT2D eigenvalue weighted by atomic mass is 32.2. The molecule has 1 heterocycles. The fourth-order valence-electron chi connectivity index (χ4n) is 2.08. The van der Waals surface area contributed by atoms with E-state index in [-0.39, 0.29) is 31.0 Å². The molecule has 19 heavy (non-hydrogen) atoms. The van der Waals surface area contributed by atoms with Gasteiger partial charge in [-0.25, -0.2) is 0 Å². The number of aliphatic carboxylic acids is 1. The Labute approximate surface area is 117 Å². The van der Waals surface area contributed by atoms with Crippen molar-refractivity contribution in [3.8, 4) is 0 Å². The SMILES string of the molecule is COCC(C)NC(=O)CN1CCSCC1CC(=O)O. The second-order valence-electron chi connectivity index (χ2n) is 4.72. The van der Waals surface area contributed by atoms with E-state index < -0.39 is 5.97 Å². The van der Waals surface area contributed by atoms with Crippen molar-refractivity contribution in [3.63, 3.8) is 0 Å². The Bertz CT molecular complexity index is 314. The number of carbonyl (C=O) groups excluding carboxylic acids is 1. The summed E-state index contributed by atoms with van der Waals surface area (Å²) in [4.78, 5) is 24.6. The topological polar surface area (TPSA) is 78.9 Å². The molecule has 2 unspecified atom stereocenters. The maximum absolute atomic E-state index is 11.9. The molecule has 0 aromatic carbocycles. The quantitative estimate of drug-likeness (QED) is 0.689. The lowest BCUT2D eigenvalue weighted by Crippen LogP contribution is -2.49. The van der Waals surface area contributed by atoms with Gasteiger partial charge in [0.25, 0.3) is 0 Å². The molecule has 1 fully saturated rings. The van der Waals surface area contributed by atoms with E-state index in [4.69, 9.17) is 9.84 Å². The molecule has 0 bridgehead atoms. The van der Waals surface area contributed by atoms with Gasteiger partial charge in [-0.15, -0.1) is 0 Å². The predicted octanol–water partition coefficient (Wildman–Crippen LogP) is 0.0296. The van der Waals surface area contributed by atoms with Gasteiger partial charge >= 0.3 is 5.97 Å². The molecule has 0 spiro atoms. The van der Waals surface area contributed by atoms with Gasteiger partial charge in [-0.2, -0.15) is 11.8 Å². The van der Waals surface area contributed by atoms with E-state index in [1.165, 1.54) is 0 Å². The van der Waals surface area contributed by atoms with Crippen LogP contribution in [0.15, 0.2) is 0 Å². The lowest BCUT2D eigenvalue weighted by molar-refractivity contribution is -0.139. The first kappa shape index (κ1) is 16.3. The van der Waals surface area contributed by atoms with Crippen LogP contribution in [0.5, 0.6) is 0 Å². The van der Waals surface area contributed by atoms with Gasteiger partial charge in [-0.05, 0) is 6.92 Å². The summed E-state index contributed by atoms with van der Waals surface area (Å²) in [6.45, 7) is 3.36. The van der Waals surface area contributed by atoms with Crippen molar-refractivity contribution in [3.05, 3.63) is 0 Å². The predicted molar refractivity (Wildman–Crippen MR) is 74.4 cm³/mol. The zero-order valence-electron chi connectivity index (χ0n) is 11.4. The van der Waals surface area contributed by atoms with Crippen LogP contribution >= 0.6 is 11.8 Å². The zero-order chi connectivity index (χ0) is 14.3. The van der Waals surface area contributed by atoms with E-state index in [0.29, 0.717) is 6.61 Å². The Kier molecular flexibility index (Phi) is 7.19. The third-order valence-electron chi connectivity index (χ3n) is 2.93. The summed E-state index contributed by atoms with van der Waals surface area (Å²) in [7, 11) is 1.59. The van der Waals surface area contributed by atoms with Crippen molar-refractivity contribution >= 4 is 23.6 Å². The van der Waals surface area contributed by atoms with Crippen LogP contribution in [0.25, 0.3) is 0 Å². The number of rotatable bonds is 7. The molecule has 0 radical (unpaired) electrons. The summed E-state index contributed by atoms with van der Waals surface area (Å²) in [5.41, 5.74) is 0. The van der Waals surface area contributed by atoms with Crippen molar-refractivity contribution in [2.24, 2.45) is 0 Å². The number of hydrogen-bond acceptors (Lipinski definition) is 5. The summed E-state index contributed by atoms with van der Waals surface area (Å²) in [5, 5.41) is 11.7. The van der Waals surface area contributed by atoms with E-state index in [1.54, 1.807) is 18.9 Å². The van der Waals surface area contributed by atoms with Gasteiger partial charge < -0.3 is 15.2 Å². The summed E-state index contributed by atoms with van der Waals surface area (Å²) >= 11 is 1.74. The van der Waals surface area contributed by atoms with Crippen LogP contribution < -0.4 is 5.32 Å². The summed E-state index contributed by atoms with van der Waals surface area (Å²) in [6.07, 6.45) is 0.0912. The average molecular weight is 290 g/mol. The first-order valence-corrected chi connectivity index (χ1v) is 7.50. The number of nitrogens with one attached hydrogen (secondary N) is 1. The minimum Gasteiger partial charge on any atom is -0.481 e. The Morgan fingerprint density at radius 1 is 1.58 bits per heavy atom. The molecule has 2 atom stereocenters. The van der Waals surface area contributed by atoms with E-state index in [9.17, 15) is 9.59 Å². The van der Waals surface area contributed by atoms with Crippen molar-refractivity contribution in [2.75, 3.05) is 38.3 Å². The molecule has 2 N–H and O–H groups in total. The lowest BCUT2D eigenvalue weighted by Gasteiger charge is -2.34. The fraction of sp³-hybridized carbons (Fsp3) is 0.833. The molecule has 0 aromatic rings. The van der Waals surface area contributed by atoms with E-state index in [0.717, 1.165) is 18.1 Å². The lowest BCUT2D eigenvalue weighted by atomic mass is 10.2. The molecule has 1 aliphatic rings. The van der Waals surface area contributed by atoms with Crippen LogP contribution in [0.3, 0.4) is 0 Å². The van der Waals surface area contributed by atoms with Crippen LogP contribution in [-0.2, 0) is 14.3 Å². The first-order chi connectivity index (χ1) is 9.02. The normalized spacial score (nSPS) is 21.9. The van der Waals surface area contributed by atoms with Crippen molar-refractivity contribution in [1.29, 1.82) is 0 Å². The molecule has 0 aromatic heterocycles. The van der Waals surface area contributed by atoms with Crippen LogP contribution in [-0.4, -0.2) is 72.3 Å². The second kappa shape index (κ2) is 8.39. The Balaban J connectivity index is 2.43. The van der Waals surface area contributed by atoms with Crippen molar-refractivity contribution < 1.29 is 19.4 Å². The van der Waals surface area contributed by atoms with Crippen molar-refractivity contribution in [2.45, 2.75) is 25.4 Å². The van der Waals surface area contributed by atoms with E-state index in [1.807, 2.05) is 11.8 Å². The molecule has 110 valence electrons. The van der Waals surface area contributed by atoms with Crippen molar-refractivity contribution in [1.82, 2.24) is 10.2 Å². The number of methoxy groups -OCH3 is 1. The fourth-order valence-corrected chi connectivity index (χ4v) is 3.21. The van der Waals surface area contributed by atoms with E-state index in [2.05, 4.69) is 5.32 Å². The molecule has 1 amide bonds. The Hall–Kier alpha value is -0.790. The minimum atomic E-state index is -0.814. The highest BCUT2D eigenvalue weighted by Gasteiger charge is 2.26. The first-order valence-electron chi connectivity index (χ1n) is 6.34. The molecule has 1 saturated heterocycles. The molecule has 0 aliphatic carbocycles. The smallest absolute Gasteiger partial charge is 0.304 e. The average Bonchev–Trinajstić information content (AvgIpc) is 2.31. The maximum atomic E-state index is 11.9. The summed E-state index contributed by atoms with van der Waals surface area (Å²) in [5.74, 6) is 0.821. The number of amides is 1. The van der Waals surface area contributed by atoms with E-state index >= 15 is 0 Å². The molecular weight excluding hydrogens is 268 g/mol. The number of nitrogens with zero attached hydrogens (tertiary/aromatic N) is 1. The summed E-state index contributed by atoms with van der Waals surface area (Å²) < 4.78 is 4.96. The molecule has 7 heteroatoms. The number of ether oxygens (including phenoxy) is 1. The van der Waals surface area contributed by atoms with Crippen LogP contribution in [0, 0.1) is 0 Å². The molecule has 0 saturated carbocycles. The number of carboxylic acid groups (broad SMARTS) is 1. The summed E-state index contributed by atoms with van der Waals surface area (Å²) in [6, 6.07) is -0.0886. The van der Waals surface area contributed by atoms with Crippen LogP contribution in [0.1, 0.15) is 13.3 Å². The second-order valence-corrected chi connectivity index (χ2v) is 5.87. The largest absolute Gasteiger partial charge is 0.481 e. The highest BCUT2D eigenvalue weighted by molar-refractivity contribution is 7.99. The standard InChI is InChI=1S/C12H22N2O4S/c1-9(7-18-2)13-11(15)6-14-3-4-19-8-10(14)5-12(16)17/h9-10H,3-8H2,1-2H3,(H,13,15)(H,16,17).